The molecule has 0 heterocycles. The molecule has 12 heteroatoms. The summed E-state index contributed by atoms with van der Waals surface area (Å²) >= 11 is 0. The second kappa shape index (κ2) is 11.3. The van der Waals surface area contributed by atoms with E-state index in [1.54, 1.807) is 36.4 Å². The molecule has 0 spiro atoms. The van der Waals surface area contributed by atoms with Gasteiger partial charge in [-0.3, -0.25) is 0 Å². The van der Waals surface area contributed by atoms with Gasteiger partial charge in [0.25, 0.3) is 0 Å². The lowest BCUT2D eigenvalue weighted by Gasteiger charge is -2.21. The van der Waals surface area contributed by atoms with Crippen LogP contribution in [0.3, 0.4) is 0 Å². The molecule has 0 saturated carbocycles. The first-order chi connectivity index (χ1) is 22.1. The SMILES string of the molecule is N#CC1=C(F)/C(=C(/C#N)c2cc(C#N)cc(C#N)c2)c2c(F)c3c(c(F)c21)C(C#N)=C(F)C3C(C#N)c1cc(C#N)cc(C#N)c1. The van der Waals surface area contributed by atoms with Gasteiger partial charge in [-0.05, 0) is 47.5 Å². The molecule has 46 heavy (non-hydrogen) atoms. The van der Waals surface area contributed by atoms with Crippen molar-refractivity contribution in [3.8, 4) is 48.6 Å². The molecule has 2 aliphatic carbocycles. The first-order valence-corrected chi connectivity index (χ1v) is 12.7. The third-order valence-corrected chi connectivity index (χ3v) is 7.54. The summed E-state index contributed by atoms with van der Waals surface area (Å²) in [6.07, 6.45) is 0. The Balaban J connectivity index is 1.91. The monoisotopic (exact) mass is 604 g/mol. The predicted molar refractivity (Wildman–Crippen MR) is 149 cm³/mol. The number of fused-ring (bicyclic) bond motifs is 2. The molecule has 0 amide bonds. The zero-order valence-corrected chi connectivity index (χ0v) is 22.7. The molecule has 3 aromatic carbocycles. The lowest BCUT2D eigenvalue weighted by molar-refractivity contribution is 0.508. The van der Waals surface area contributed by atoms with Gasteiger partial charge in [-0.25, -0.2) is 17.6 Å². The third kappa shape index (κ3) is 4.22. The zero-order valence-electron chi connectivity index (χ0n) is 22.7. The molecule has 0 bridgehead atoms. The minimum atomic E-state index is -2.04. The lowest BCUT2D eigenvalue weighted by Crippen LogP contribution is -2.14. The summed E-state index contributed by atoms with van der Waals surface area (Å²) in [4.78, 5) is 0. The van der Waals surface area contributed by atoms with Crippen molar-refractivity contribution in [2.75, 3.05) is 0 Å². The number of nitriles is 8. The molecule has 2 unspecified atom stereocenters. The number of nitrogens with zero attached hydrogens (tertiary/aromatic N) is 8. The highest BCUT2D eigenvalue weighted by molar-refractivity contribution is 6.14. The van der Waals surface area contributed by atoms with Gasteiger partial charge in [0, 0.05) is 27.8 Å². The van der Waals surface area contributed by atoms with Crippen LogP contribution in [0.4, 0.5) is 17.6 Å². The highest BCUT2D eigenvalue weighted by atomic mass is 19.1. The summed E-state index contributed by atoms with van der Waals surface area (Å²) < 4.78 is 65.4. The molecule has 0 aliphatic heterocycles. The molecule has 8 nitrogen and oxygen atoms in total. The van der Waals surface area contributed by atoms with Crippen molar-refractivity contribution in [2.24, 2.45) is 0 Å². The Labute approximate surface area is 257 Å². The minimum absolute atomic E-state index is 0.108. The van der Waals surface area contributed by atoms with Gasteiger partial charge in [-0.2, -0.15) is 42.1 Å². The van der Waals surface area contributed by atoms with Crippen LogP contribution in [0.1, 0.15) is 67.5 Å². The van der Waals surface area contributed by atoms with Crippen LogP contribution in [-0.4, -0.2) is 0 Å². The van der Waals surface area contributed by atoms with Gasteiger partial charge in [-0.1, -0.05) is 0 Å². The smallest absolute Gasteiger partial charge is 0.150 e. The van der Waals surface area contributed by atoms with Crippen molar-refractivity contribution in [3.05, 3.63) is 115 Å². The maximum absolute atomic E-state index is 16.9. The third-order valence-electron chi connectivity index (χ3n) is 7.54. The Hall–Kier alpha value is -7.48. The quantitative estimate of drug-likeness (QED) is 0.232. The molecular weight excluding hydrogens is 596 g/mol. The number of rotatable bonds is 3. The van der Waals surface area contributed by atoms with Crippen LogP contribution in [0.2, 0.25) is 0 Å². The molecule has 3 aromatic rings. The molecule has 0 radical (unpaired) electrons. The van der Waals surface area contributed by atoms with Crippen LogP contribution in [0.5, 0.6) is 0 Å². The van der Waals surface area contributed by atoms with Crippen molar-refractivity contribution < 1.29 is 17.6 Å². The molecule has 2 atom stereocenters. The average Bonchev–Trinajstić information content (AvgIpc) is 3.54. The van der Waals surface area contributed by atoms with Gasteiger partial charge >= 0.3 is 0 Å². The molecular formula is C34H8F4N8. The van der Waals surface area contributed by atoms with Crippen molar-refractivity contribution >= 4 is 22.3 Å². The van der Waals surface area contributed by atoms with E-state index in [-0.39, 0.29) is 33.4 Å². The van der Waals surface area contributed by atoms with E-state index in [2.05, 4.69) is 0 Å². The average molecular weight is 604 g/mol. The van der Waals surface area contributed by atoms with Crippen molar-refractivity contribution in [2.45, 2.75) is 11.8 Å². The van der Waals surface area contributed by atoms with Crippen molar-refractivity contribution in [1.29, 1.82) is 42.1 Å². The Morgan fingerprint density at radius 2 is 1.11 bits per heavy atom. The van der Waals surface area contributed by atoms with Gasteiger partial charge in [0.05, 0.1) is 81.2 Å². The zero-order chi connectivity index (χ0) is 33.4. The molecule has 212 valence electrons. The van der Waals surface area contributed by atoms with Crippen molar-refractivity contribution in [1.82, 2.24) is 0 Å². The van der Waals surface area contributed by atoms with E-state index in [4.69, 9.17) is 0 Å². The number of hydrogen-bond acceptors (Lipinski definition) is 8. The number of allylic oxidation sites excluding steroid dienone is 6. The standard InChI is InChI=1S/C34H8F4N8/c35-31-23(13-45)27-29(25(31)21(11-43)19-3-15(7-39)1-16(4-19)8-40)34(38)30-26(32(36)24(14-46)28(30)33(27)37)22(12-44)20-5-17(9-41)2-18(6-20)10-42/h1-6,21,25H/b26-22-. The van der Waals surface area contributed by atoms with E-state index in [1.807, 2.05) is 0 Å². The second-order valence-corrected chi connectivity index (χ2v) is 9.84. The van der Waals surface area contributed by atoms with Crippen molar-refractivity contribution in [3.63, 3.8) is 0 Å². The molecule has 0 fully saturated rings. The molecule has 0 N–H and O–H groups in total. The number of hydrogen-bond donors (Lipinski definition) is 0. The Morgan fingerprint density at radius 3 is 1.57 bits per heavy atom. The van der Waals surface area contributed by atoms with E-state index < -0.39 is 79.7 Å². The van der Waals surface area contributed by atoms with Gasteiger partial charge in [-0.15, -0.1) is 0 Å². The fourth-order valence-electron chi connectivity index (χ4n) is 5.69. The largest absolute Gasteiger partial charge is 0.210 e. The summed E-state index contributed by atoms with van der Waals surface area (Å²) in [5.41, 5.74) is -8.40. The Bertz CT molecular complexity index is 2350. The second-order valence-electron chi connectivity index (χ2n) is 9.84. The normalized spacial score (nSPS) is 15.9. The van der Waals surface area contributed by atoms with E-state index in [0.717, 1.165) is 30.3 Å². The first kappa shape index (κ1) is 30.0. The molecule has 5 rings (SSSR count). The van der Waals surface area contributed by atoms with Gasteiger partial charge < -0.3 is 0 Å². The summed E-state index contributed by atoms with van der Waals surface area (Å²) in [6, 6.07) is 20.2. The van der Waals surface area contributed by atoms with Crippen LogP contribution in [-0.2, 0) is 0 Å². The first-order valence-electron chi connectivity index (χ1n) is 12.7. The van der Waals surface area contributed by atoms with Crippen LogP contribution in [0.25, 0.3) is 22.3 Å². The topological polar surface area (TPSA) is 190 Å². The summed E-state index contributed by atoms with van der Waals surface area (Å²) in [5, 5.41) is 77.4. The predicted octanol–water partition coefficient (Wildman–Crippen LogP) is 6.71. The fourth-order valence-corrected chi connectivity index (χ4v) is 5.69. The summed E-state index contributed by atoms with van der Waals surface area (Å²) in [7, 11) is 0. The highest BCUT2D eigenvalue weighted by Gasteiger charge is 2.47. The van der Waals surface area contributed by atoms with Crippen LogP contribution < -0.4 is 0 Å². The van der Waals surface area contributed by atoms with Crippen LogP contribution in [0, 0.1) is 102 Å². The number of halogens is 4. The summed E-state index contributed by atoms with van der Waals surface area (Å²) in [5.74, 6) is -9.87. The Kier molecular flexibility index (Phi) is 7.37. The lowest BCUT2D eigenvalue weighted by atomic mass is 9.80. The van der Waals surface area contributed by atoms with E-state index >= 15 is 17.6 Å². The van der Waals surface area contributed by atoms with Crippen LogP contribution >= 0.6 is 0 Å². The number of benzene rings is 3. The van der Waals surface area contributed by atoms with Gasteiger partial charge in [0.15, 0.2) is 5.83 Å². The molecule has 2 aliphatic rings. The molecule has 0 saturated heterocycles. The van der Waals surface area contributed by atoms with Gasteiger partial charge in [0.1, 0.15) is 35.7 Å². The van der Waals surface area contributed by atoms with E-state index in [1.165, 1.54) is 18.2 Å². The maximum Gasteiger partial charge on any atom is 0.150 e. The minimum Gasteiger partial charge on any atom is -0.210 e. The Morgan fingerprint density at radius 1 is 0.587 bits per heavy atom. The summed E-state index contributed by atoms with van der Waals surface area (Å²) in [6.45, 7) is 0. The van der Waals surface area contributed by atoms with E-state index in [9.17, 15) is 42.1 Å². The van der Waals surface area contributed by atoms with E-state index in [0.29, 0.717) is 0 Å². The highest BCUT2D eigenvalue weighted by Crippen LogP contribution is 2.57. The maximum atomic E-state index is 16.9. The fraction of sp³-hybridized carbons (Fsp3) is 0.0588. The van der Waals surface area contributed by atoms with Gasteiger partial charge in [0.2, 0.25) is 0 Å². The van der Waals surface area contributed by atoms with Crippen LogP contribution in [0.15, 0.2) is 48.1 Å². The molecule has 0 aromatic heterocycles.